The van der Waals surface area contributed by atoms with Crippen molar-refractivity contribution < 1.29 is 9.53 Å². The number of amides is 1. The highest BCUT2D eigenvalue weighted by molar-refractivity contribution is 5.78. The van der Waals surface area contributed by atoms with Crippen molar-refractivity contribution in [3.63, 3.8) is 0 Å². The zero-order valence-corrected chi connectivity index (χ0v) is 7.64. The number of carbonyl (C=O) groups is 1. The molecule has 1 saturated heterocycles. The molecule has 72 valence electrons. The maximum Gasteiger partial charge on any atom is 0.223 e. The lowest BCUT2D eigenvalue weighted by atomic mass is 9.83. The number of rotatable bonds is 1. The Morgan fingerprint density at radius 3 is 2.79 bits per heavy atom. The summed E-state index contributed by atoms with van der Waals surface area (Å²) in [7, 11) is 0. The van der Waals surface area contributed by atoms with E-state index < -0.39 is 0 Å². The molecule has 0 saturated carbocycles. The van der Waals surface area contributed by atoms with Crippen molar-refractivity contribution in [2.75, 3.05) is 0 Å². The van der Waals surface area contributed by atoms with Gasteiger partial charge in [-0.1, -0.05) is 24.3 Å². The zero-order chi connectivity index (χ0) is 9.71. The van der Waals surface area contributed by atoms with Crippen molar-refractivity contribution in [2.24, 2.45) is 11.7 Å². The third-order valence-electron chi connectivity index (χ3n) is 3.16. The van der Waals surface area contributed by atoms with E-state index in [1.165, 1.54) is 5.56 Å². The highest BCUT2D eigenvalue weighted by Crippen LogP contribution is 2.53. The summed E-state index contributed by atoms with van der Waals surface area (Å²) in [5.74, 6) is -0.373. The van der Waals surface area contributed by atoms with Crippen LogP contribution in [0.15, 0.2) is 24.3 Å². The minimum Gasteiger partial charge on any atom is -0.369 e. The van der Waals surface area contributed by atoms with Crippen LogP contribution in [0, 0.1) is 5.92 Å². The molecule has 0 aliphatic carbocycles. The van der Waals surface area contributed by atoms with Crippen LogP contribution in [-0.4, -0.2) is 5.91 Å². The first kappa shape index (κ1) is 8.00. The van der Waals surface area contributed by atoms with Crippen LogP contribution < -0.4 is 5.73 Å². The van der Waals surface area contributed by atoms with Crippen molar-refractivity contribution in [3.8, 4) is 0 Å². The molecular formula is C11H11NO2. The third kappa shape index (κ3) is 0.876. The Bertz CT molecular complexity index is 402. The minimum absolute atomic E-state index is 0.0892. The van der Waals surface area contributed by atoms with Gasteiger partial charge in [0.25, 0.3) is 0 Å². The highest BCUT2D eigenvalue weighted by atomic mass is 16.5. The first-order chi connectivity index (χ1) is 6.77. The van der Waals surface area contributed by atoms with Crippen LogP contribution in [0.25, 0.3) is 0 Å². The first-order valence-electron chi connectivity index (χ1n) is 4.81. The van der Waals surface area contributed by atoms with Gasteiger partial charge in [0, 0.05) is 0 Å². The van der Waals surface area contributed by atoms with E-state index in [1.807, 2.05) is 18.2 Å². The van der Waals surface area contributed by atoms with Gasteiger partial charge in [-0.3, -0.25) is 4.79 Å². The lowest BCUT2D eigenvalue weighted by Crippen LogP contribution is -2.27. The molecule has 2 aliphatic heterocycles. The molecule has 0 spiro atoms. The smallest absolute Gasteiger partial charge is 0.223 e. The number of nitrogens with two attached hydrogens (primary N) is 1. The molecule has 14 heavy (non-hydrogen) atoms. The fourth-order valence-corrected chi connectivity index (χ4v) is 2.50. The molecule has 2 aliphatic rings. The summed E-state index contributed by atoms with van der Waals surface area (Å²) < 4.78 is 5.72. The number of carbonyl (C=O) groups excluding carboxylic acids is 1. The summed E-state index contributed by atoms with van der Waals surface area (Å²) >= 11 is 0. The molecule has 2 N–H and O–H groups in total. The normalized spacial score (nSPS) is 33.0. The number of hydrogen-bond acceptors (Lipinski definition) is 2. The lowest BCUT2D eigenvalue weighted by Gasteiger charge is -2.17. The van der Waals surface area contributed by atoms with Crippen LogP contribution in [0.1, 0.15) is 29.8 Å². The average molecular weight is 189 g/mol. The minimum atomic E-state index is -0.244. The van der Waals surface area contributed by atoms with E-state index >= 15 is 0 Å². The molecule has 2 heterocycles. The Balaban J connectivity index is 2.06. The monoisotopic (exact) mass is 189 g/mol. The quantitative estimate of drug-likeness (QED) is 0.724. The molecule has 1 aromatic carbocycles. The van der Waals surface area contributed by atoms with Gasteiger partial charge < -0.3 is 10.5 Å². The zero-order valence-electron chi connectivity index (χ0n) is 7.64. The van der Waals surface area contributed by atoms with Crippen LogP contribution in [0.2, 0.25) is 0 Å². The van der Waals surface area contributed by atoms with E-state index in [9.17, 15) is 4.79 Å². The van der Waals surface area contributed by atoms with Gasteiger partial charge in [0.05, 0.1) is 18.1 Å². The van der Waals surface area contributed by atoms with Gasteiger partial charge in [-0.2, -0.15) is 0 Å². The van der Waals surface area contributed by atoms with Crippen LogP contribution in [-0.2, 0) is 9.53 Å². The number of primary amides is 1. The van der Waals surface area contributed by atoms with Gasteiger partial charge in [0.2, 0.25) is 5.91 Å². The van der Waals surface area contributed by atoms with Crippen molar-refractivity contribution in [2.45, 2.75) is 18.6 Å². The maximum absolute atomic E-state index is 11.1. The predicted octanol–water partition coefficient (Wildman–Crippen LogP) is 1.30. The van der Waals surface area contributed by atoms with Crippen LogP contribution >= 0.6 is 0 Å². The molecular weight excluding hydrogens is 178 g/mol. The standard InChI is InChI=1S/C11H11NO2/c12-11(13)8-5-9-6-3-1-2-4-7(6)10(8)14-9/h1-4,8-10H,5H2,(H2,12,13)/t8?,9-,10-/m0/s1. The first-order valence-corrected chi connectivity index (χ1v) is 4.81. The summed E-state index contributed by atoms with van der Waals surface area (Å²) in [5.41, 5.74) is 7.70. The maximum atomic E-state index is 11.1. The topological polar surface area (TPSA) is 52.3 Å². The Hall–Kier alpha value is -1.35. The predicted molar refractivity (Wildman–Crippen MR) is 50.3 cm³/mol. The Labute approximate surface area is 81.9 Å². The second-order valence-electron chi connectivity index (χ2n) is 3.92. The molecule has 3 rings (SSSR count). The van der Waals surface area contributed by atoms with Crippen molar-refractivity contribution in [1.29, 1.82) is 0 Å². The number of fused-ring (bicyclic) bond motifs is 5. The van der Waals surface area contributed by atoms with Crippen LogP contribution in [0.4, 0.5) is 0 Å². The molecule has 2 bridgehead atoms. The van der Waals surface area contributed by atoms with E-state index in [4.69, 9.17) is 10.5 Å². The van der Waals surface area contributed by atoms with Gasteiger partial charge in [-0.25, -0.2) is 0 Å². The van der Waals surface area contributed by atoms with E-state index in [0.29, 0.717) is 0 Å². The third-order valence-corrected chi connectivity index (χ3v) is 3.16. The van der Waals surface area contributed by atoms with Gasteiger partial charge in [0.15, 0.2) is 0 Å². The largest absolute Gasteiger partial charge is 0.369 e. The molecule has 3 heteroatoms. The number of ether oxygens (including phenoxy) is 1. The molecule has 3 atom stereocenters. The van der Waals surface area contributed by atoms with Gasteiger partial charge in [-0.05, 0) is 17.5 Å². The van der Waals surface area contributed by atoms with Crippen molar-refractivity contribution in [1.82, 2.24) is 0 Å². The van der Waals surface area contributed by atoms with Gasteiger partial charge in [0.1, 0.15) is 0 Å². The fraction of sp³-hybridized carbons (Fsp3) is 0.364. The fourth-order valence-electron chi connectivity index (χ4n) is 2.50. The summed E-state index contributed by atoms with van der Waals surface area (Å²) in [5, 5.41) is 0. The average Bonchev–Trinajstić information content (AvgIpc) is 2.75. The second-order valence-corrected chi connectivity index (χ2v) is 3.92. The molecule has 1 unspecified atom stereocenters. The summed E-state index contributed by atoms with van der Waals surface area (Å²) in [6.45, 7) is 0. The molecule has 1 aromatic rings. The Kier molecular flexibility index (Phi) is 1.47. The summed E-state index contributed by atoms with van der Waals surface area (Å²) in [4.78, 5) is 11.1. The van der Waals surface area contributed by atoms with E-state index in [2.05, 4.69) is 6.07 Å². The molecule has 0 aromatic heterocycles. The Morgan fingerprint density at radius 2 is 2.07 bits per heavy atom. The van der Waals surface area contributed by atoms with Gasteiger partial charge >= 0.3 is 0 Å². The van der Waals surface area contributed by atoms with Crippen LogP contribution in [0.5, 0.6) is 0 Å². The number of hydrogen-bond donors (Lipinski definition) is 1. The molecule has 1 fully saturated rings. The van der Waals surface area contributed by atoms with E-state index in [1.54, 1.807) is 0 Å². The molecule has 1 amide bonds. The van der Waals surface area contributed by atoms with Crippen LogP contribution in [0.3, 0.4) is 0 Å². The van der Waals surface area contributed by atoms with Crippen molar-refractivity contribution in [3.05, 3.63) is 35.4 Å². The van der Waals surface area contributed by atoms with E-state index in [0.717, 1.165) is 12.0 Å². The second kappa shape index (κ2) is 2.58. The van der Waals surface area contributed by atoms with Crippen molar-refractivity contribution >= 4 is 5.91 Å². The summed E-state index contributed by atoms with van der Waals surface area (Å²) in [6.07, 6.45) is 0.749. The van der Waals surface area contributed by atoms with Gasteiger partial charge in [-0.15, -0.1) is 0 Å². The van der Waals surface area contributed by atoms with E-state index in [-0.39, 0.29) is 24.0 Å². The number of benzene rings is 1. The lowest BCUT2D eigenvalue weighted by molar-refractivity contribution is -0.123. The Morgan fingerprint density at radius 1 is 1.36 bits per heavy atom. The summed E-state index contributed by atoms with van der Waals surface area (Å²) in [6, 6.07) is 8.06. The highest BCUT2D eigenvalue weighted by Gasteiger charge is 2.47. The molecule has 3 nitrogen and oxygen atoms in total. The molecule has 0 radical (unpaired) electrons. The SMILES string of the molecule is NC(=O)C1C[C@@H]2O[C@H]1c1ccccc12.